The Morgan fingerprint density at radius 1 is 1.16 bits per heavy atom. The second-order valence-corrected chi connectivity index (χ2v) is 5.59. The molecule has 0 unspecified atom stereocenters. The van der Waals surface area contributed by atoms with E-state index in [4.69, 9.17) is 14.6 Å². The van der Waals surface area contributed by atoms with Crippen molar-refractivity contribution < 1.29 is 19.4 Å². The summed E-state index contributed by atoms with van der Waals surface area (Å²) in [6, 6.07) is 10.9. The molecule has 5 nitrogen and oxygen atoms in total. The van der Waals surface area contributed by atoms with Crippen LogP contribution in [0.25, 0.3) is 0 Å². The van der Waals surface area contributed by atoms with Crippen LogP contribution in [0.5, 0.6) is 11.5 Å². The van der Waals surface area contributed by atoms with Crippen molar-refractivity contribution in [2.75, 3.05) is 14.2 Å². The first-order valence-electron chi connectivity index (χ1n) is 7.96. The number of hydrogen-bond acceptors (Lipinski definition) is 4. The second-order valence-electron chi connectivity index (χ2n) is 5.59. The summed E-state index contributed by atoms with van der Waals surface area (Å²) in [4.78, 5) is 11.0. The Balaban J connectivity index is 2.10. The standard InChI is InChI=1S/C20H23NO4/c1-4-6-16-10-15(11-18(24-2)19(16)25-3)13-21-12-14-7-5-8-17(9-14)20(22)23/h4-5,7-11,21H,1,6,12-13H2,2-3H3,(H,22,23). The van der Waals surface area contributed by atoms with Gasteiger partial charge in [0, 0.05) is 18.7 Å². The summed E-state index contributed by atoms with van der Waals surface area (Å²) in [7, 11) is 3.24. The van der Waals surface area contributed by atoms with Gasteiger partial charge in [-0.05, 0) is 35.7 Å². The zero-order valence-corrected chi connectivity index (χ0v) is 14.5. The van der Waals surface area contributed by atoms with Crippen LogP contribution in [0.2, 0.25) is 0 Å². The maximum absolute atomic E-state index is 11.0. The first-order valence-corrected chi connectivity index (χ1v) is 7.96. The van der Waals surface area contributed by atoms with E-state index < -0.39 is 5.97 Å². The molecule has 25 heavy (non-hydrogen) atoms. The van der Waals surface area contributed by atoms with Crippen molar-refractivity contribution in [3.05, 3.63) is 71.3 Å². The fraction of sp³-hybridized carbons (Fsp3) is 0.250. The van der Waals surface area contributed by atoms with Crippen LogP contribution in [-0.2, 0) is 19.5 Å². The third-order valence-electron chi connectivity index (χ3n) is 3.81. The van der Waals surface area contributed by atoms with Crippen LogP contribution in [0.4, 0.5) is 0 Å². The number of rotatable bonds is 9. The molecular weight excluding hydrogens is 318 g/mol. The van der Waals surface area contributed by atoms with Crippen LogP contribution in [0.1, 0.15) is 27.0 Å². The van der Waals surface area contributed by atoms with Crippen molar-refractivity contribution in [3.63, 3.8) is 0 Å². The highest BCUT2D eigenvalue weighted by Crippen LogP contribution is 2.33. The van der Waals surface area contributed by atoms with Gasteiger partial charge in [-0.2, -0.15) is 0 Å². The van der Waals surface area contributed by atoms with Gasteiger partial charge in [-0.3, -0.25) is 0 Å². The molecule has 0 saturated carbocycles. The first kappa shape index (κ1) is 18.5. The van der Waals surface area contributed by atoms with Crippen LogP contribution < -0.4 is 14.8 Å². The van der Waals surface area contributed by atoms with Gasteiger partial charge >= 0.3 is 5.97 Å². The van der Waals surface area contributed by atoms with Gasteiger partial charge in [0.05, 0.1) is 19.8 Å². The van der Waals surface area contributed by atoms with E-state index in [9.17, 15) is 4.79 Å². The monoisotopic (exact) mass is 341 g/mol. The van der Waals surface area contributed by atoms with E-state index in [0.717, 1.165) is 22.4 Å². The predicted octanol–water partition coefficient (Wildman–Crippen LogP) is 3.42. The number of carboxylic acids is 1. The molecule has 0 atom stereocenters. The predicted molar refractivity (Wildman–Crippen MR) is 97.4 cm³/mol. The van der Waals surface area contributed by atoms with Crippen LogP contribution >= 0.6 is 0 Å². The molecule has 132 valence electrons. The quantitative estimate of drug-likeness (QED) is 0.684. The number of allylic oxidation sites excluding steroid dienone is 1. The third kappa shape index (κ3) is 4.84. The second kappa shape index (κ2) is 8.89. The van der Waals surface area contributed by atoms with E-state index in [1.165, 1.54) is 0 Å². The largest absolute Gasteiger partial charge is 0.493 e. The van der Waals surface area contributed by atoms with Gasteiger partial charge in [-0.15, -0.1) is 6.58 Å². The number of methoxy groups -OCH3 is 2. The van der Waals surface area contributed by atoms with E-state index in [2.05, 4.69) is 18.0 Å². The zero-order valence-electron chi connectivity index (χ0n) is 14.5. The highest BCUT2D eigenvalue weighted by atomic mass is 16.5. The SMILES string of the molecule is C=CCc1cc(CNCc2cccc(C(=O)O)c2)cc(OC)c1OC. The fourth-order valence-corrected chi connectivity index (χ4v) is 2.68. The highest BCUT2D eigenvalue weighted by molar-refractivity contribution is 5.87. The summed E-state index contributed by atoms with van der Waals surface area (Å²) in [6.07, 6.45) is 2.51. The normalized spacial score (nSPS) is 10.3. The lowest BCUT2D eigenvalue weighted by Crippen LogP contribution is -2.13. The minimum atomic E-state index is -0.921. The van der Waals surface area contributed by atoms with Gasteiger partial charge in [0.15, 0.2) is 11.5 Å². The van der Waals surface area contributed by atoms with Crippen LogP contribution in [-0.4, -0.2) is 25.3 Å². The first-order chi connectivity index (χ1) is 12.1. The number of hydrogen-bond donors (Lipinski definition) is 2. The number of carbonyl (C=O) groups is 1. The van der Waals surface area contributed by atoms with Crippen LogP contribution in [0.3, 0.4) is 0 Å². The Labute approximate surface area is 147 Å². The topological polar surface area (TPSA) is 67.8 Å². The fourth-order valence-electron chi connectivity index (χ4n) is 2.68. The van der Waals surface area contributed by atoms with E-state index in [-0.39, 0.29) is 0 Å². The third-order valence-corrected chi connectivity index (χ3v) is 3.81. The van der Waals surface area contributed by atoms with E-state index in [0.29, 0.717) is 30.8 Å². The maximum atomic E-state index is 11.0. The van der Waals surface area contributed by atoms with Crippen molar-refractivity contribution in [2.24, 2.45) is 0 Å². The molecule has 0 radical (unpaired) electrons. The molecule has 0 heterocycles. The molecular formula is C20H23NO4. The Kier molecular flexibility index (Phi) is 6.60. The summed E-state index contributed by atoms with van der Waals surface area (Å²) in [5.74, 6) is 0.489. The van der Waals surface area contributed by atoms with Gasteiger partial charge in [-0.1, -0.05) is 24.3 Å². The smallest absolute Gasteiger partial charge is 0.335 e. The number of carboxylic acid groups (broad SMARTS) is 1. The Hall–Kier alpha value is -2.79. The number of aromatic carboxylic acids is 1. The van der Waals surface area contributed by atoms with Gasteiger partial charge in [0.2, 0.25) is 0 Å². The van der Waals surface area contributed by atoms with Crippen LogP contribution in [0.15, 0.2) is 49.1 Å². The van der Waals surface area contributed by atoms with Crippen molar-refractivity contribution in [1.29, 1.82) is 0 Å². The van der Waals surface area contributed by atoms with Crippen LogP contribution in [0, 0.1) is 0 Å². The Morgan fingerprint density at radius 2 is 1.92 bits per heavy atom. The molecule has 2 N–H and O–H groups in total. The molecule has 0 fully saturated rings. The maximum Gasteiger partial charge on any atom is 0.335 e. The summed E-state index contributed by atoms with van der Waals surface area (Å²) in [6.45, 7) is 4.98. The molecule has 2 aromatic rings. The van der Waals surface area contributed by atoms with E-state index in [1.807, 2.05) is 18.2 Å². The lowest BCUT2D eigenvalue weighted by molar-refractivity contribution is 0.0696. The molecule has 0 aliphatic carbocycles. The molecule has 0 aromatic heterocycles. The Bertz CT molecular complexity index is 755. The highest BCUT2D eigenvalue weighted by Gasteiger charge is 2.11. The van der Waals surface area contributed by atoms with Gasteiger partial charge < -0.3 is 19.9 Å². The zero-order chi connectivity index (χ0) is 18.2. The van der Waals surface area contributed by atoms with Crippen molar-refractivity contribution >= 4 is 5.97 Å². The summed E-state index contributed by atoms with van der Waals surface area (Å²) >= 11 is 0. The summed E-state index contributed by atoms with van der Waals surface area (Å²) in [5.41, 5.74) is 3.29. The minimum Gasteiger partial charge on any atom is -0.493 e. The van der Waals surface area contributed by atoms with Crippen molar-refractivity contribution in [2.45, 2.75) is 19.5 Å². The lowest BCUT2D eigenvalue weighted by Gasteiger charge is -2.15. The molecule has 2 aromatic carbocycles. The number of nitrogens with one attached hydrogen (secondary N) is 1. The van der Waals surface area contributed by atoms with E-state index in [1.54, 1.807) is 32.4 Å². The molecule has 5 heteroatoms. The number of benzene rings is 2. The summed E-state index contributed by atoms with van der Waals surface area (Å²) < 4.78 is 10.9. The van der Waals surface area contributed by atoms with Gasteiger partial charge in [0.25, 0.3) is 0 Å². The van der Waals surface area contributed by atoms with E-state index >= 15 is 0 Å². The summed E-state index contributed by atoms with van der Waals surface area (Å²) in [5, 5.41) is 12.4. The van der Waals surface area contributed by atoms with Crippen molar-refractivity contribution in [1.82, 2.24) is 5.32 Å². The van der Waals surface area contributed by atoms with Gasteiger partial charge in [-0.25, -0.2) is 4.79 Å². The minimum absolute atomic E-state index is 0.290. The lowest BCUT2D eigenvalue weighted by atomic mass is 10.1. The average Bonchev–Trinajstić information content (AvgIpc) is 2.61. The number of ether oxygens (including phenoxy) is 2. The molecule has 0 saturated heterocycles. The average molecular weight is 341 g/mol. The van der Waals surface area contributed by atoms with Gasteiger partial charge in [0.1, 0.15) is 0 Å². The molecule has 0 bridgehead atoms. The molecule has 0 aliphatic heterocycles. The molecule has 2 rings (SSSR count). The molecule has 0 spiro atoms. The Morgan fingerprint density at radius 3 is 2.56 bits per heavy atom. The molecule has 0 aliphatic rings. The molecule has 0 amide bonds. The van der Waals surface area contributed by atoms with Crippen molar-refractivity contribution in [3.8, 4) is 11.5 Å².